The fourth-order valence-corrected chi connectivity index (χ4v) is 2.04. The van der Waals surface area contributed by atoms with Gasteiger partial charge in [-0.3, -0.25) is 4.98 Å². The number of pyridine rings is 1. The predicted molar refractivity (Wildman–Crippen MR) is 56.1 cm³/mol. The van der Waals surface area contributed by atoms with Gasteiger partial charge in [0.25, 0.3) is 6.43 Å². The fraction of sp³-hybridized carbons (Fsp3) is 0.375. The van der Waals surface area contributed by atoms with Crippen LogP contribution in [0.2, 0.25) is 0 Å². The van der Waals surface area contributed by atoms with Gasteiger partial charge in [0.1, 0.15) is 0 Å². The number of methoxy groups -OCH3 is 1. The maximum absolute atomic E-state index is 12.4. The standard InChI is InChI=1S/C8H7Br2F2NO/c1-14-7-5(2-9)13-3-4(6(7)10)8(11)12/h3,8H,2H2,1H3. The molecule has 6 heteroatoms. The Kier molecular flexibility index (Phi) is 4.25. The molecule has 2 nitrogen and oxygen atoms in total. The number of hydrogen-bond donors (Lipinski definition) is 0. The molecule has 1 heterocycles. The minimum Gasteiger partial charge on any atom is -0.494 e. The minimum absolute atomic E-state index is 0.161. The van der Waals surface area contributed by atoms with E-state index in [0.717, 1.165) is 6.20 Å². The Morgan fingerprint density at radius 1 is 1.57 bits per heavy atom. The van der Waals surface area contributed by atoms with Gasteiger partial charge >= 0.3 is 0 Å². The molecule has 0 aromatic carbocycles. The Hall–Kier alpha value is -0.230. The van der Waals surface area contributed by atoms with Crippen molar-refractivity contribution >= 4 is 31.9 Å². The van der Waals surface area contributed by atoms with Crippen LogP contribution in [-0.4, -0.2) is 12.1 Å². The highest BCUT2D eigenvalue weighted by molar-refractivity contribution is 9.10. The number of halogens is 4. The lowest BCUT2D eigenvalue weighted by Crippen LogP contribution is -1.98. The molecule has 1 rings (SSSR count). The summed E-state index contributed by atoms with van der Waals surface area (Å²) in [4.78, 5) is 3.87. The van der Waals surface area contributed by atoms with E-state index >= 15 is 0 Å². The van der Waals surface area contributed by atoms with Crippen LogP contribution in [0.15, 0.2) is 10.7 Å². The predicted octanol–water partition coefficient (Wildman–Crippen LogP) is 3.69. The van der Waals surface area contributed by atoms with Crippen molar-refractivity contribution in [2.24, 2.45) is 0 Å². The lowest BCUT2D eigenvalue weighted by Gasteiger charge is -2.10. The number of nitrogens with zero attached hydrogens (tertiary/aromatic N) is 1. The molecule has 0 N–H and O–H groups in total. The van der Waals surface area contributed by atoms with Gasteiger partial charge in [-0.25, -0.2) is 8.78 Å². The van der Waals surface area contributed by atoms with Crippen molar-refractivity contribution in [3.63, 3.8) is 0 Å². The molecule has 0 radical (unpaired) electrons. The Morgan fingerprint density at radius 2 is 2.21 bits per heavy atom. The molecule has 0 saturated carbocycles. The zero-order valence-corrected chi connectivity index (χ0v) is 10.4. The van der Waals surface area contributed by atoms with Gasteiger partial charge in [0, 0.05) is 11.5 Å². The molecule has 0 aliphatic rings. The largest absolute Gasteiger partial charge is 0.494 e. The van der Waals surface area contributed by atoms with Crippen LogP contribution in [-0.2, 0) is 5.33 Å². The molecule has 0 unspecified atom stereocenters. The Balaban J connectivity index is 3.27. The summed E-state index contributed by atoms with van der Waals surface area (Å²) in [5, 5.41) is 0.457. The van der Waals surface area contributed by atoms with Crippen LogP contribution in [0.1, 0.15) is 17.7 Å². The van der Waals surface area contributed by atoms with Gasteiger partial charge in [-0.1, -0.05) is 15.9 Å². The summed E-state index contributed by atoms with van der Waals surface area (Å²) >= 11 is 6.26. The van der Waals surface area contributed by atoms with Crippen molar-refractivity contribution < 1.29 is 13.5 Å². The van der Waals surface area contributed by atoms with E-state index in [1.807, 2.05) is 0 Å². The normalized spacial score (nSPS) is 10.7. The van der Waals surface area contributed by atoms with Gasteiger partial charge in [-0.15, -0.1) is 0 Å². The fourth-order valence-electron chi connectivity index (χ4n) is 0.975. The molecule has 0 saturated heterocycles. The molecule has 78 valence electrons. The van der Waals surface area contributed by atoms with Crippen molar-refractivity contribution in [2.45, 2.75) is 11.8 Å². The third kappa shape index (κ3) is 2.23. The SMILES string of the molecule is COc1c(CBr)ncc(C(F)F)c1Br. The number of aromatic nitrogens is 1. The molecular formula is C8H7Br2F2NO. The highest BCUT2D eigenvalue weighted by Gasteiger charge is 2.18. The molecule has 0 spiro atoms. The van der Waals surface area contributed by atoms with Crippen molar-refractivity contribution in [1.82, 2.24) is 4.98 Å². The summed E-state index contributed by atoms with van der Waals surface area (Å²) in [6.45, 7) is 0. The number of rotatable bonds is 3. The monoisotopic (exact) mass is 329 g/mol. The van der Waals surface area contributed by atoms with Gasteiger partial charge in [-0.05, 0) is 15.9 Å². The van der Waals surface area contributed by atoms with Crippen LogP contribution in [0, 0.1) is 0 Å². The van der Waals surface area contributed by atoms with Crippen LogP contribution in [0.5, 0.6) is 5.75 Å². The minimum atomic E-state index is -2.56. The van der Waals surface area contributed by atoms with Crippen molar-refractivity contribution in [3.05, 3.63) is 21.9 Å². The van der Waals surface area contributed by atoms with Crippen molar-refractivity contribution in [2.75, 3.05) is 7.11 Å². The van der Waals surface area contributed by atoms with E-state index in [2.05, 4.69) is 36.8 Å². The average molecular weight is 331 g/mol. The van der Waals surface area contributed by atoms with E-state index < -0.39 is 6.43 Å². The van der Waals surface area contributed by atoms with Gasteiger partial charge in [0.15, 0.2) is 5.75 Å². The third-order valence-corrected chi connectivity index (χ3v) is 2.99. The van der Waals surface area contributed by atoms with Crippen LogP contribution in [0.4, 0.5) is 8.78 Å². The summed E-state index contributed by atoms with van der Waals surface area (Å²) in [5.74, 6) is 0.347. The van der Waals surface area contributed by atoms with Gasteiger partial charge in [0.05, 0.1) is 22.8 Å². The summed E-state index contributed by atoms with van der Waals surface area (Å²) in [7, 11) is 1.42. The lowest BCUT2D eigenvalue weighted by molar-refractivity contribution is 0.149. The first-order valence-corrected chi connectivity index (χ1v) is 5.58. The second-order valence-corrected chi connectivity index (χ2v) is 3.80. The Labute approximate surface area is 96.9 Å². The van der Waals surface area contributed by atoms with Crippen molar-refractivity contribution in [1.29, 1.82) is 0 Å². The molecule has 0 bridgehead atoms. The first kappa shape index (κ1) is 11.8. The van der Waals surface area contributed by atoms with Gasteiger partial charge in [0.2, 0.25) is 0 Å². The molecule has 1 aromatic rings. The van der Waals surface area contributed by atoms with Gasteiger partial charge in [-0.2, -0.15) is 0 Å². The van der Waals surface area contributed by atoms with Crippen LogP contribution < -0.4 is 4.74 Å². The van der Waals surface area contributed by atoms with Crippen LogP contribution in [0.25, 0.3) is 0 Å². The van der Waals surface area contributed by atoms with Crippen LogP contribution in [0.3, 0.4) is 0 Å². The van der Waals surface area contributed by atoms with E-state index in [-0.39, 0.29) is 10.0 Å². The number of alkyl halides is 3. The van der Waals surface area contributed by atoms with Crippen LogP contribution >= 0.6 is 31.9 Å². The van der Waals surface area contributed by atoms with E-state index in [1.54, 1.807) is 0 Å². The summed E-state index contributed by atoms with van der Waals surface area (Å²) < 4.78 is 30.1. The Bertz CT molecular complexity index is 333. The second kappa shape index (κ2) is 5.02. The van der Waals surface area contributed by atoms with E-state index in [0.29, 0.717) is 16.8 Å². The van der Waals surface area contributed by atoms with Crippen molar-refractivity contribution in [3.8, 4) is 5.75 Å². The molecule has 14 heavy (non-hydrogen) atoms. The molecule has 0 fully saturated rings. The Morgan fingerprint density at radius 3 is 2.64 bits per heavy atom. The highest BCUT2D eigenvalue weighted by atomic mass is 79.9. The first-order chi connectivity index (χ1) is 6.61. The zero-order valence-electron chi connectivity index (χ0n) is 7.23. The third-order valence-electron chi connectivity index (χ3n) is 1.64. The zero-order chi connectivity index (χ0) is 10.7. The maximum Gasteiger partial charge on any atom is 0.266 e. The molecule has 0 atom stereocenters. The molecule has 0 aliphatic carbocycles. The quantitative estimate of drug-likeness (QED) is 0.789. The highest BCUT2D eigenvalue weighted by Crippen LogP contribution is 2.36. The van der Waals surface area contributed by atoms with E-state index in [1.165, 1.54) is 7.11 Å². The molecule has 0 aliphatic heterocycles. The van der Waals surface area contributed by atoms with E-state index in [9.17, 15) is 8.78 Å². The molecule has 1 aromatic heterocycles. The average Bonchev–Trinajstić information content (AvgIpc) is 2.16. The molecule has 0 amide bonds. The summed E-state index contributed by atoms with van der Waals surface area (Å²) in [6, 6.07) is 0. The smallest absolute Gasteiger partial charge is 0.266 e. The first-order valence-electron chi connectivity index (χ1n) is 3.67. The molecular weight excluding hydrogens is 324 g/mol. The number of hydrogen-bond acceptors (Lipinski definition) is 2. The summed E-state index contributed by atoms with van der Waals surface area (Å²) in [6.07, 6.45) is -1.41. The maximum atomic E-state index is 12.4. The second-order valence-electron chi connectivity index (χ2n) is 2.44. The lowest BCUT2D eigenvalue weighted by atomic mass is 10.2. The topological polar surface area (TPSA) is 22.1 Å². The van der Waals surface area contributed by atoms with E-state index in [4.69, 9.17) is 4.74 Å². The summed E-state index contributed by atoms with van der Waals surface area (Å²) in [5.41, 5.74) is 0.426. The number of ether oxygens (including phenoxy) is 1. The van der Waals surface area contributed by atoms with Gasteiger partial charge < -0.3 is 4.74 Å².